The molecule has 1 aromatic carbocycles. The second kappa shape index (κ2) is 5.82. The molecule has 0 aliphatic rings. The van der Waals surface area contributed by atoms with Crippen LogP contribution >= 0.6 is 0 Å². The van der Waals surface area contributed by atoms with Crippen molar-refractivity contribution in [3.05, 3.63) is 29.6 Å². The zero-order valence-electron chi connectivity index (χ0n) is 8.90. The van der Waals surface area contributed by atoms with E-state index in [-0.39, 0.29) is 57.3 Å². The first-order chi connectivity index (χ1) is 6.32. The summed E-state index contributed by atoms with van der Waals surface area (Å²) in [6.07, 6.45) is 0. The maximum atomic E-state index is 12.8. The van der Waals surface area contributed by atoms with Crippen molar-refractivity contribution in [2.24, 2.45) is 0 Å². The Kier molecular flexibility index (Phi) is 6.07. The van der Waals surface area contributed by atoms with Crippen LogP contribution < -0.4 is 56.8 Å². The van der Waals surface area contributed by atoms with Gasteiger partial charge in [-0.25, -0.2) is 4.39 Å². The minimum Gasteiger partial charge on any atom is -0.445 e. The maximum Gasteiger partial charge on any atom is 1.00 e. The molecule has 0 atom stereocenters. The van der Waals surface area contributed by atoms with Gasteiger partial charge in [0.05, 0.1) is 5.82 Å². The summed E-state index contributed by atoms with van der Waals surface area (Å²) in [5.41, 5.74) is -0.628. The minimum atomic E-state index is -5.25. The second-order valence-corrected chi connectivity index (χ2v) is 3.51. The predicted octanol–water partition coefficient (Wildman–Crippen LogP) is 0.00750. The van der Waals surface area contributed by atoms with Gasteiger partial charge in [0.2, 0.25) is 0 Å². The van der Waals surface area contributed by atoms with Crippen LogP contribution in [-0.4, -0.2) is 6.98 Å². The SMILES string of the molecule is CC(C)c1ccc(F)c([B-](F)(F)F)c1.[K+]. The van der Waals surface area contributed by atoms with E-state index in [0.29, 0.717) is 5.56 Å². The van der Waals surface area contributed by atoms with Crippen LogP contribution in [0.25, 0.3) is 0 Å². The van der Waals surface area contributed by atoms with E-state index in [1.807, 2.05) is 0 Å². The standard InChI is InChI=1S/C9H10BF4.K/c1-6(2)7-3-4-9(11)8(5-7)10(12,13)14;/h3-6H,1-2H3;/q-1;+1. The van der Waals surface area contributed by atoms with Crippen molar-refractivity contribution in [1.82, 2.24) is 0 Å². The number of rotatable bonds is 2. The van der Waals surface area contributed by atoms with E-state index in [9.17, 15) is 17.3 Å². The Morgan fingerprint density at radius 3 is 2.07 bits per heavy atom. The molecule has 0 aliphatic heterocycles. The van der Waals surface area contributed by atoms with Gasteiger partial charge in [-0.1, -0.05) is 31.4 Å². The maximum absolute atomic E-state index is 12.8. The topological polar surface area (TPSA) is 0 Å². The molecule has 1 aromatic rings. The largest absolute Gasteiger partial charge is 1.00 e. The van der Waals surface area contributed by atoms with Crippen LogP contribution in [0.5, 0.6) is 0 Å². The molecule has 0 saturated heterocycles. The fraction of sp³-hybridized carbons (Fsp3) is 0.333. The van der Waals surface area contributed by atoms with Crippen LogP contribution in [0, 0.1) is 5.82 Å². The van der Waals surface area contributed by atoms with Gasteiger partial charge in [0, 0.05) is 0 Å². The number of hydrogen-bond donors (Lipinski definition) is 0. The van der Waals surface area contributed by atoms with Crippen molar-refractivity contribution in [2.75, 3.05) is 0 Å². The molecule has 0 aromatic heterocycles. The molecule has 0 radical (unpaired) electrons. The summed E-state index contributed by atoms with van der Waals surface area (Å²) in [7, 11) is 0. The van der Waals surface area contributed by atoms with Crippen molar-refractivity contribution < 1.29 is 68.7 Å². The van der Waals surface area contributed by atoms with Crippen molar-refractivity contribution in [1.29, 1.82) is 0 Å². The predicted molar refractivity (Wildman–Crippen MR) is 49.2 cm³/mol. The summed E-state index contributed by atoms with van der Waals surface area (Å²) in [6.45, 7) is -1.72. The van der Waals surface area contributed by atoms with Crippen LogP contribution in [-0.2, 0) is 0 Å². The van der Waals surface area contributed by atoms with Crippen molar-refractivity contribution in [3.8, 4) is 0 Å². The van der Waals surface area contributed by atoms with Crippen LogP contribution in [0.4, 0.5) is 17.3 Å². The molecule has 0 unspecified atom stereocenters. The van der Waals surface area contributed by atoms with Crippen LogP contribution in [0.1, 0.15) is 25.3 Å². The van der Waals surface area contributed by atoms with Crippen LogP contribution in [0.2, 0.25) is 0 Å². The second-order valence-electron chi connectivity index (χ2n) is 3.51. The first kappa shape index (κ1) is 15.6. The first-order valence-electron chi connectivity index (χ1n) is 4.31. The third kappa shape index (κ3) is 4.19. The first-order valence-corrected chi connectivity index (χ1v) is 4.31. The molecule has 0 N–H and O–H groups in total. The molecule has 0 aliphatic carbocycles. The van der Waals surface area contributed by atoms with Gasteiger partial charge in [-0.05, 0) is 17.5 Å². The van der Waals surface area contributed by atoms with Gasteiger partial charge in [-0.15, -0.1) is 0 Å². The molecule has 15 heavy (non-hydrogen) atoms. The Balaban J connectivity index is 0.00000196. The summed E-state index contributed by atoms with van der Waals surface area (Å²) in [6, 6.07) is 3.14. The summed E-state index contributed by atoms with van der Waals surface area (Å²) >= 11 is 0. The third-order valence-corrected chi connectivity index (χ3v) is 2.04. The van der Waals surface area contributed by atoms with Crippen LogP contribution in [0.3, 0.4) is 0 Å². The van der Waals surface area contributed by atoms with Crippen molar-refractivity contribution in [3.63, 3.8) is 0 Å². The Morgan fingerprint density at radius 1 is 1.13 bits per heavy atom. The molecule has 78 valence electrons. The smallest absolute Gasteiger partial charge is 0.445 e. The van der Waals surface area contributed by atoms with Crippen LogP contribution in [0.15, 0.2) is 18.2 Å². The Hall–Kier alpha value is 0.641. The average molecular weight is 244 g/mol. The molecule has 0 heterocycles. The summed E-state index contributed by atoms with van der Waals surface area (Å²) in [5, 5.41) is 0. The zero-order chi connectivity index (χ0) is 10.9. The monoisotopic (exact) mass is 244 g/mol. The van der Waals surface area contributed by atoms with Gasteiger partial charge in [0.25, 0.3) is 0 Å². The van der Waals surface area contributed by atoms with Gasteiger partial charge in [0.15, 0.2) is 0 Å². The van der Waals surface area contributed by atoms with E-state index in [0.717, 1.165) is 12.1 Å². The minimum absolute atomic E-state index is 0. The van der Waals surface area contributed by atoms with E-state index < -0.39 is 18.3 Å². The number of halogens is 4. The molecule has 0 bridgehead atoms. The normalized spacial score (nSPS) is 11.4. The summed E-state index contributed by atoms with van der Waals surface area (Å²) < 4.78 is 49.8. The summed E-state index contributed by atoms with van der Waals surface area (Å²) in [4.78, 5) is 0. The zero-order valence-corrected chi connectivity index (χ0v) is 12.0. The van der Waals surface area contributed by atoms with Gasteiger partial charge in [-0.2, -0.15) is 0 Å². The summed E-state index contributed by atoms with van der Waals surface area (Å²) in [5.74, 6) is -1.23. The van der Waals surface area contributed by atoms with Gasteiger partial charge in [0.1, 0.15) is 0 Å². The Bertz CT molecular complexity index is 335. The fourth-order valence-electron chi connectivity index (χ4n) is 1.17. The Labute approximate surface area is 129 Å². The molecule has 0 nitrogen and oxygen atoms in total. The van der Waals surface area contributed by atoms with E-state index in [2.05, 4.69) is 0 Å². The number of benzene rings is 1. The molecule has 6 heteroatoms. The van der Waals surface area contributed by atoms with Crippen molar-refractivity contribution in [2.45, 2.75) is 19.8 Å². The number of hydrogen-bond acceptors (Lipinski definition) is 0. The quantitative estimate of drug-likeness (QED) is 0.507. The fourth-order valence-corrected chi connectivity index (χ4v) is 1.17. The molecule has 0 fully saturated rings. The molecule has 0 saturated carbocycles. The molecular formula is C9H10BF4K. The molecule has 1 rings (SSSR count). The van der Waals surface area contributed by atoms with E-state index in [1.165, 1.54) is 6.07 Å². The van der Waals surface area contributed by atoms with Crippen molar-refractivity contribution >= 4 is 12.4 Å². The van der Waals surface area contributed by atoms with Gasteiger partial charge < -0.3 is 12.9 Å². The molecule has 0 amide bonds. The van der Waals surface area contributed by atoms with Gasteiger partial charge in [-0.3, -0.25) is 0 Å². The van der Waals surface area contributed by atoms with E-state index in [1.54, 1.807) is 13.8 Å². The average Bonchev–Trinajstić information content (AvgIpc) is 2.02. The van der Waals surface area contributed by atoms with Gasteiger partial charge >= 0.3 is 58.4 Å². The third-order valence-electron chi connectivity index (χ3n) is 2.04. The van der Waals surface area contributed by atoms with E-state index >= 15 is 0 Å². The van der Waals surface area contributed by atoms with E-state index in [4.69, 9.17) is 0 Å². The Morgan fingerprint density at radius 2 is 1.67 bits per heavy atom. The molecular weight excluding hydrogens is 234 g/mol. The molecule has 0 spiro atoms.